The normalized spacial score (nSPS) is 28.7. The molecular formula is C19H16F3I. The van der Waals surface area contributed by atoms with E-state index >= 15 is 0 Å². The van der Waals surface area contributed by atoms with Crippen LogP contribution >= 0.6 is 22.6 Å². The van der Waals surface area contributed by atoms with Crippen LogP contribution in [0.25, 0.3) is 11.1 Å². The molecule has 2 aliphatic carbocycles. The molecule has 2 fully saturated rings. The minimum Gasteiger partial charge on any atom is -0.204 e. The van der Waals surface area contributed by atoms with E-state index in [9.17, 15) is 13.2 Å². The van der Waals surface area contributed by atoms with Gasteiger partial charge < -0.3 is 0 Å². The topological polar surface area (TPSA) is 0 Å². The Morgan fingerprint density at radius 2 is 1.43 bits per heavy atom. The van der Waals surface area contributed by atoms with Crippen molar-refractivity contribution in [1.29, 1.82) is 0 Å². The number of hydrogen-bond donors (Lipinski definition) is 0. The van der Waals surface area contributed by atoms with Gasteiger partial charge in [0.2, 0.25) is 0 Å². The molecule has 0 aliphatic heterocycles. The van der Waals surface area contributed by atoms with Crippen molar-refractivity contribution in [3.63, 3.8) is 0 Å². The van der Waals surface area contributed by atoms with E-state index in [1.807, 2.05) is 24.3 Å². The average Bonchev–Trinajstić information content (AvgIpc) is 3.03. The van der Waals surface area contributed by atoms with Crippen LogP contribution in [0.3, 0.4) is 0 Å². The molecule has 23 heavy (non-hydrogen) atoms. The molecule has 0 N–H and O–H groups in total. The molecule has 0 amide bonds. The highest BCUT2D eigenvalue weighted by Crippen LogP contribution is 2.62. The third-order valence-electron chi connectivity index (χ3n) is 5.50. The lowest BCUT2D eigenvalue weighted by Gasteiger charge is -2.14. The van der Waals surface area contributed by atoms with Gasteiger partial charge >= 0.3 is 0 Å². The van der Waals surface area contributed by atoms with Crippen LogP contribution in [0.1, 0.15) is 24.3 Å². The van der Waals surface area contributed by atoms with Crippen molar-refractivity contribution in [3.05, 3.63) is 59.4 Å². The summed E-state index contributed by atoms with van der Waals surface area (Å²) in [4.78, 5) is 0. The molecule has 0 heterocycles. The first-order valence-corrected chi connectivity index (χ1v) is 9.42. The third kappa shape index (κ3) is 2.69. The molecule has 2 aromatic carbocycles. The maximum atomic E-state index is 13.4. The smallest absolute Gasteiger partial charge is 0.194 e. The predicted octanol–water partition coefficient (Wildman–Crippen LogP) is 5.95. The summed E-state index contributed by atoms with van der Waals surface area (Å²) in [6.07, 6.45) is 2.52. The Bertz CT molecular complexity index is 706. The molecule has 4 rings (SSSR count). The SMILES string of the molecule is Fc1cc(-c2ccc(C3CC4C(CI)C4C3)cc2)cc(F)c1F. The summed E-state index contributed by atoms with van der Waals surface area (Å²) >= 11 is 2.48. The molecule has 2 atom stereocenters. The molecule has 0 nitrogen and oxygen atoms in total. The van der Waals surface area contributed by atoms with Crippen molar-refractivity contribution < 1.29 is 13.2 Å². The Kier molecular flexibility index (Phi) is 3.90. The first-order valence-electron chi connectivity index (χ1n) is 7.89. The first-order chi connectivity index (χ1) is 11.1. The van der Waals surface area contributed by atoms with Crippen LogP contribution in [0.5, 0.6) is 0 Å². The van der Waals surface area contributed by atoms with E-state index in [2.05, 4.69) is 22.6 Å². The van der Waals surface area contributed by atoms with Gasteiger partial charge in [-0.3, -0.25) is 0 Å². The monoisotopic (exact) mass is 428 g/mol. The van der Waals surface area contributed by atoms with Crippen molar-refractivity contribution in [3.8, 4) is 11.1 Å². The van der Waals surface area contributed by atoms with Crippen molar-refractivity contribution >= 4 is 22.6 Å². The molecule has 0 saturated heterocycles. The lowest BCUT2D eigenvalue weighted by atomic mass is 9.91. The number of hydrogen-bond acceptors (Lipinski definition) is 0. The molecule has 0 radical (unpaired) electrons. The molecule has 2 unspecified atom stereocenters. The van der Waals surface area contributed by atoms with Crippen LogP contribution in [0, 0.1) is 35.2 Å². The summed E-state index contributed by atoms with van der Waals surface area (Å²) in [6.45, 7) is 0. The van der Waals surface area contributed by atoms with Gasteiger partial charge in [0.05, 0.1) is 0 Å². The van der Waals surface area contributed by atoms with Gasteiger partial charge in [-0.15, -0.1) is 0 Å². The van der Waals surface area contributed by atoms with Crippen molar-refractivity contribution in [1.82, 2.24) is 0 Å². The zero-order valence-electron chi connectivity index (χ0n) is 12.4. The summed E-state index contributed by atoms with van der Waals surface area (Å²) in [5, 5.41) is 0. The van der Waals surface area contributed by atoms with Crippen LogP contribution in [0.2, 0.25) is 0 Å². The van der Waals surface area contributed by atoms with Gasteiger partial charge in [0.1, 0.15) is 0 Å². The number of alkyl halides is 1. The lowest BCUT2D eigenvalue weighted by molar-refractivity contribution is 0.447. The van der Waals surface area contributed by atoms with E-state index in [0.29, 0.717) is 17.0 Å². The molecule has 120 valence electrons. The fraction of sp³-hybridized carbons (Fsp3) is 0.368. The Hall–Kier alpha value is -1.04. The molecule has 0 bridgehead atoms. The summed E-state index contributed by atoms with van der Waals surface area (Å²) < 4.78 is 41.0. The number of halogens is 4. The predicted molar refractivity (Wildman–Crippen MR) is 93.1 cm³/mol. The third-order valence-corrected chi connectivity index (χ3v) is 6.52. The van der Waals surface area contributed by atoms with Gasteiger partial charge in [-0.25, -0.2) is 13.2 Å². The quantitative estimate of drug-likeness (QED) is 0.322. The van der Waals surface area contributed by atoms with E-state index in [1.54, 1.807) is 0 Å². The van der Waals surface area contributed by atoms with Gasteiger partial charge in [-0.05, 0) is 65.3 Å². The number of benzene rings is 2. The van der Waals surface area contributed by atoms with Crippen LogP contribution in [0.15, 0.2) is 36.4 Å². The Balaban J connectivity index is 1.53. The zero-order valence-corrected chi connectivity index (χ0v) is 14.6. The Morgan fingerprint density at radius 3 is 1.96 bits per heavy atom. The fourth-order valence-corrected chi connectivity index (χ4v) is 5.45. The molecular weight excluding hydrogens is 412 g/mol. The fourth-order valence-electron chi connectivity index (χ4n) is 4.15. The number of fused-ring (bicyclic) bond motifs is 1. The summed E-state index contributed by atoms with van der Waals surface area (Å²) in [5.74, 6) is -0.375. The molecule has 2 aromatic rings. The highest BCUT2D eigenvalue weighted by atomic mass is 127. The summed E-state index contributed by atoms with van der Waals surface area (Å²) in [7, 11) is 0. The lowest BCUT2D eigenvalue weighted by Crippen LogP contribution is -2.00. The molecule has 2 aliphatic rings. The second kappa shape index (κ2) is 5.80. The van der Waals surface area contributed by atoms with E-state index < -0.39 is 17.5 Å². The minimum absolute atomic E-state index is 0.368. The molecule has 0 spiro atoms. The summed E-state index contributed by atoms with van der Waals surface area (Å²) in [5.41, 5.74) is 2.38. The van der Waals surface area contributed by atoms with Gasteiger partial charge in [0.25, 0.3) is 0 Å². The van der Waals surface area contributed by atoms with Crippen LogP contribution in [0.4, 0.5) is 13.2 Å². The average molecular weight is 428 g/mol. The van der Waals surface area contributed by atoms with Crippen LogP contribution < -0.4 is 0 Å². The second-order valence-electron chi connectivity index (χ2n) is 6.69. The van der Waals surface area contributed by atoms with Gasteiger partial charge in [-0.2, -0.15) is 0 Å². The second-order valence-corrected chi connectivity index (χ2v) is 7.57. The highest BCUT2D eigenvalue weighted by Gasteiger charge is 2.54. The minimum atomic E-state index is -1.42. The van der Waals surface area contributed by atoms with Crippen molar-refractivity contribution in [2.45, 2.75) is 18.8 Å². The zero-order chi connectivity index (χ0) is 16.1. The molecule has 0 aromatic heterocycles. The molecule has 2 saturated carbocycles. The van der Waals surface area contributed by atoms with Gasteiger partial charge in [0, 0.05) is 4.43 Å². The Labute approximate surface area is 147 Å². The largest absolute Gasteiger partial charge is 0.204 e. The van der Waals surface area contributed by atoms with Crippen LogP contribution in [-0.2, 0) is 0 Å². The van der Waals surface area contributed by atoms with Crippen molar-refractivity contribution in [2.75, 3.05) is 4.43 Å². The van der Waals surface area contributed by atoms with E-state index in [4.69, 9.17) is 0 Å². The maximum Gasteiger partial charge on any atom is 0.194 e. The van der Waals surface area contributed by atoms with E-state index in [0.717, 1.165) is 29.9 Å². The number of rotatable bonds is 3. The Morgan fingerprint density at radius 1 is 0.870 bits per heavy atom. The standard InChI is InChI=1S/C19H16F3I/c20-17-7-13(8-18(21)19(17)22)11-3-1-10(2-4-11)12-5-14-15(6-12)16(14)9-23/h1-4,7-8,12,14-16H,5-6,9H2. The first kappa shape index (κ1) is 15.5. The molecule has 4 heteroatoms. The van der Waals surface area contributed by atoms with Gasteiger partial charge in [0.15, 0.2) is 17.5 Å². The van der Waals surface area contributed by atoms with Crippen molar-refractivity contribution in [2.24, 2.45) is 17.8 Å². The summed E-state index contributed by atoms with van der Waals surface area (Å²) in [6, 6.07) is 9.93. The van der Waals surface area contributed by atoms with Gasteiger partial charge in [-0.1, -0.05) is 46.9 Å². The van der Waals surface area contributed by atoms with E-state index in [1.165, 1.54) is 22.8 Å². The maximum absolute atomic E-state index is 13.4. The van der Waals surface area contributed by atoms with E-state index in [-0.39, 0.29) is 0 Å². The highest BCUT2D eigenvalue weighted by molar-refractivity contribution is 14.1. The van der Waals surface area contributed by atoms with Crippen LogP contribution in [-0.4, -0.2) is 4.43 Å².